The highest BCUT2D eigenvalue weighted by atomic mass is 19.4. The van der Waals surface area contributed by atoms with Gasteiger partial charge in [0, 0.05) is 17.7 Å². The lowest BCUT2D eigenvalue weighted by Crippen LogP contribution is -2.30. The van der Waals surface area contributed by atoms with Crippen LogP contribution >= 0.6 is 0 Å². The van der Waals surface area contributed by atoms with Crippen LogP contribution in [-0.2, 0) is 12.4 Å². The van der Waals surface area contributed by atoms with Gasteiger partial charge in [0.1, 0.15) is 0 Å². The molecule has 0 bridgehead atoms. The van der Waals surface area contributed by atoms with E-state index in [0.717, 1.165) is 63.0 Å². The Morgan fingerprint density at radius 3 is 1.45 bits per heavy atom. The van der Waals surface area contributed by atoms with Gasteiger partial charge >= 0.3 is 12.4 Å². The summed E-state index contributed by atoms with van der Waals surface area (Å²) in [4.78, 5) is 6.71. The number of benzene rings is 2. The smallest absolute Gasteiger partial charge is 0.387 e. The second-order valence-corrected chi connectivity index (χ2v) is 9.34. The maximum Gasteiger partial charge on any atom is 0.416 e. The van der Waals surface area contributed by atoms with Gasteiger partial charge < -0.3 is 10.0 Å². The van der Waals surface area contributed by atoms with E-state index in [9.17, 15) is 31.4 Å². The van der Waals surface area contributed by atoms with Gasteiger partial charge in [-0.3, -0.25) is 0 Å². The Kier molecular flexibility index (Phi) is 9.95. The van der Waals surface area contributed by atoms with Crippen LogP contribution in [0, 0.1) is 0 Å². The molecule has 0 amide bonds. The fraction of sp³-hybridized carbons (Fsp3) is 0.414. The van der Waals surface area contributed by atoms with Gasteiger partial charge in [-0.15, -0.1) is 0 Å². The van der Waals surface area contributed by atoms with Gasteiger partial charge in [0.05, 0.1) is 28.6 Å². The van der Waals surface area contributed by atoms with Crippen molar-refractivity contribution < 1.29 is 31.4 Å². The molecule has 0 radical (unpaired) electrons. The highest BCUT2D eigenvalue weighted by Gasteiger charge is 2.31. The fourth-order valence-electron chi connectivity index (χ4n) is 4.11. The minimum atomic E-state index is -4.49. The fourth-order valence-corrected chi connectivity index (χ4v) is 4.11. The third kappa shape index (κ3) is 8.04. The molecule has 0 saturated carbocycles. The number of aliphatic hydroxyl groups excluding tert-OH is 1. The van der Waals surface area contributed by atoms with E-state index in [4.69, 9.17) is 0 Å². The van der Waals surface area contributed by atoms with Crippen LogP contribution in [0.3, 0.4) is 0 Å². The zero-order valence-corrected chi connectivity index (χ0v) is 21.4. The number of aliphatic hydroxyl groups is 1. The van der Waals surface area contributed by atoms with Gasteiger partial charge in [-0.05, 0) is 67.9 Å². The summed E-state index contributed by atoms with van der Waals surface area (Å²) in [5.74, 6) is 0. The molecule has 3 aromatic rings. The highest BCUT2D eigenvalue weighted by Crippen LogP contribution is 2.34. The molecule has 3 nitrogen and oxygen atoms in total. The average molecular weight is 539 g/mol. The minimum Gasteiger partial charge on any atom is -0.387 e. The molecular weight excluding hydrogens is 506 g/mol. The third-order valence-corrected chi connectivity index (χ3v) is 6.34. The number of nitrogens with zero attached hydrogens (tertiary/aromatic N) is 2. The zero-order chi connectivity index (χ0) is 27.9. The Balaban J connectivity index is 2.01. The molecule has 9 heteroatoms. The van der Waals surface area contributed by atoms with E-state index >= 15 is 0 Å². The number of hydrogen-bond acceptors (Lipinski definition) is 3. The molecule has 0 aliphatic carbocycles. The monoisotopic (exact) mass is 538 g/mol. The number of rotatable bonds is 11. The molecule has 1 N–H and O–H groups in total. The summed E-state index contributed by atoms with van der Waals surface area (Å²) in [7, 11) is 0. The number of halogens is 6. The van der Waals surface area contributed by atoms with Crippen molar-refractivity contribution >= 4 is 0 Å². The van der Waals surface area contributed by atoms with Crippen molar-refractivity contribution in [2.45, 2.75) is 58.0 Å². The zero-order valence-electron chi connectivity index (χ0n) is 21.4. The summed E-state index contributed by atoms with van der Waals surface area (Å²) in [5.41, 5.74) is 0.314. The van der Waals surface area contributed by atoms with Crippen LogP contribution in [-0.4, -0.2) is 34.6 Å². The van der Waals surface area contributed by atoms with E-state index < -0.39 is 29.6 Å². The van der Waals surface area contributed by atoms with E-state index in [1.165, 1.54) is 24.3 Å². The number of alkyl halides is 6. The van der Waals surface area contributed by atoms with Gasteiger partial charge in [0.25, 0.3) is 0 Å². The van der Waals surface area contributed by atoms with Crippen molar-refractivity contribution in [2.75, 3.05) is 19.6 Å². The Morgan fingerprint density at radius 1 is 0.711 bits per heavy atom. The average Bonchev–Trinajstić information content (AvgIpc) is 2.89. The standard InChI is InChI=1S/C29H32F6N2O/c1-3-5-15-37(16-6-4-2)19-27(38)22-17-25(20-7-11-23(12-8-20)28(30,31)32)36-26(18-22)21-9-13-24(14-10-21)29(33,34)35/h7-14,17-18,27,38H,3-6,15-16,19H2,1-2H3/t27-/m0/s1. The largest absolute Gasteiger partial charge is 0.416 e. The Labute approximate surface area is 219 Å². The first kappa shape index (κ1) is 29.6. The maximum absolute atomic E-state index is 13.1. The van der Waals surface area contributed by atoms with Crippen molar-refractivity contribution in [1.29, 1.82) is 0 Å². The molecule has 0 saturated heterocycles. The molecule has 2 aromatic carbocycles. The lowest BCUT2D eigenvalue weighted by molar-refractivity contribution is -0.138. The summed E-state index contributed by atoms with van der Waals surface area (Å²) in [6.45, 7) is 6.16. The van der Waals surface area contributed by atoms with Crippen LogP contribution in [0.4, 0.5) is 26.3 Å². The molecule has 0 aliphatic rings. The number of aromatic nitrogens is 1. The molecule has 0 spiro atoms. The Hall–Kier alpha value is -2.91. The van der Waals surface area contributed by atoms with Gasteiger partial charge in [-0.1, -0.05) is 51.0 Å². The van der Waals surface area contributed by atoms with Gasteiger partial charge in [-0.2, -0.15) is 26.3 Å². The first-order valence-corrected chi connectivity index (χ1v) is 12.7. The normalized spacial score (nSPS) is 13.2. The van der Waals surface area contributed by atoms with Crippen molar-refractivity contribution in [3.8, 4) is 22.5 Å². The molecule has 206 valence electrons. The van der Waals surface area contributed by atoms with Gasteiger partial charge in [-0.25, -0.2) is 4.98 Å². The molecule has 1 aromatic heterocycles. The second kappa shape index (κ2) is 12.8. The Bertz CT molecular complexity index is 1070. The molecule has 1 atom stereocenters. The van der Waals surface area contributed by atoms with Crippen molar-refractivity contribution in [2.24, 2.45) is 0 Å². The van der Waals surface area contributed by atoms with E-state index in [2.05, 4.69) is 23.7 Å². The summed E-state index contributed by atoms with van der Waals surface area (Å²) in [6, 6.07) is 12.3. The van der Waals surface area contributed by atoms with Gasteiger partial charge in [0.15, 0.2) is 0 Å². The Morgan fingerprint density at radius 2 is 1.11 bits per heavy atom. The molecule has 38 heavy (non-hydrogen) atoms. The minimum absolute atomic E-state index is 0.318. The number of pyridine rings is 1. The summed E-state index contributed by atoms with van der Waals surface area (Å²) >= 11 is 0. The predicted molar refractivity (Wildman–Crippen MR) is 136 cm³/mol. The van der Waals surface area contributed by atoms with Crippen LogP contribution < -0.4 is 0 Å². The molecule has 1 heterocycles. The predicted octanol–water partition coefficient (Wildman–Crippen LogP) is 8.39. The van der Waals surface area contributed by atoms with Crippen molar-refractivity contribution in [3.63, 3.8) is 0 Å². The van der Waals surface area contributed by atoms with Crippen LogP contribution in [0.25, 0.3) is 22.5 Å². The van der Waals surface area contributed by atoms with E-state index in [1.54, 1.807) is 12.1 Å². The maximum atomic E-state index is 13.1. The summed E-state index contributed by atoms with van der Waals surface area (Å²) in [5, 5.41) is 11.2. The quantitative estimate of drug-likeness (QED) is 0.249. The first-order valence-electron chi connectivity index (χ1n) is 12.7. The summed E-state index contributed by atoms with van der Waals surface area (Å²) < 4.78 is 78.4. The lowest BCUT2D eigenvalue weighted by Gasteiger charge is -2.25. The molecule has 0 fully saturated rings. The summed E-state index contributed by atoms with van der Waals surface area (Å²) in [6.07, 6.45) is -5.95. The van der Waals surface area contributed by atoms with Crippen LogP contribution in [0.5, 0.6) is 0 Å². The van der Waals surface area contributed by atoms with E-state index in [0.29, 0.717) is 34.6 Å². The topological polar surface area (TPSA) is 36.4 Å². The second-order valence-electron chi connectivity index (χ2n) is 9.34. The van der Waals surface area contributed by atoms with Crippen molar-refractivity contribution in [1.82, 2.24) is 9.88 Å². The van der Waals surface area contributed by atoms with E-state index in [-0.39, 0.29) is 0 Å². The number of hydrogen-bond donors (Lipinski definition) is 1. The SMILES string of the molecule is CCCCN(CCCC)C[C@H](O)c1cc(-c2ccc(C(F)(F)F)cc2)nc(-c2ccc(C(F)(F)F)cc2)c1. The third-order valence-electron chi connectivity index (χ3n) is 6.34. The molecular formula is C29H32F6N2O. The highest BCUT2D eigenvalue weighted by molar-refractivity contribution is 5.68. The lowest BCUT2D eigenvalue weighted by atomic mass is 10.00. The molecule has 3 rings (SSSR count). The van der Waals surface area contributed by atoms with E-state index in [1.807, 2.05) is 0 Å². The van der Waals surface area contributed by atoms with Crippen LogP contribution in [0.15, 0.2) is 60.7 Å². The van der Waals surface area contributed by atoms with Crippen molar-refractivity contribution in [3.05, 3.63) is 77.4 Å². The number of unbranched alkanes of at least 4 members (excludes halogenated alkanes) is 2. The molecule has 0 aliphatic heterocycles. The van der Waals surface area contributed by atoms with Gasteiger partial charge in [0.2, 0.25) is 0 Å². The van der Waals surface area contributed by atoms with Crippen LogP contribution in [0.1, 0.15) is 62.3 Å². The molecule has 0 unspecified atom stereocenters. The first-order chi connectivity index (χ1) is 17.9. The van der Waals surface area contributed by atoms with Crippen LogP contribution in [0.2, 0.25) is 0 Å².